The largest absolute Gasteiger partial charge is 0.449 e. The van der Waals surface area contributed by atoms with Crippen LogP contribution in [0.3, 0.4) is 0 Å². The molecule has 0 aromatic heterocycles. The number of rotatable bonds is 5. The Morgan fingerprint density at radius 1 is 1.35 bits per heavy atom. The van der Waals surface area contributed by atoms with Crippen molar-refractivity contribution in [3.8, 4) is 0 Å². The van der Waals surface area contributed by atoms with Crippen LogP contribution in [-0.2, 0) is 11.2 Å². The number of hydrogen-bond donors (Lipinski definition) is 1. The van der Waals surface area contributed by atoms with E-state index in [1.54, 1.807) is 6.92 Å². The number of benzene rings is 1. The number of hydrazone groups is 1. The average molecular weight is 234 g/mol. The van der Waals surface area contributed by atoms with Crippen LogP contribution in [0.5, 0.6) is 0 Å². The summed E-state index contributed by atoms with van der Waals surface area (Å²) >= 11 is 0. The second-order valence-electron chi connectivity index (χ2n) is 3.66. The number of nitrogens with one attached hydrogen (secondary N) is 1. The first-order valence-corrected chi connectivity index (χ1v) is 5.72. The maximum absolute atomic E-state index is 11.0. The molecule has 0 saturated carbocycles. The molecule has 1 aromatic carbocycles. The van der Waals surface area contributed by atoms with Gasteiger partial charge in [-0.2, -0.15) is 5.10 Å². The van der Waals surface area contributed by atoms with E-state index in [1.165, 1.54) is 5.56 Å². The molecule has 4 heteroatoms. The molecule has 4 nitrogen and oxygen atoms in total. The van der Waals surface area contributed by atoms with Gasteiger partial charge in [-0.25, -0.2) is 10.2 Å². The molecular weight excluding hydrogens is 216 g/mol. The fourth-order valence-corrected chi connectivity index (χ4v) is 1.33. The second kappa shape index (κ2) is 7.44. The Labute approximate surface area is 102 Å². The van der Waals surface area contributed by atoms with Gasteiger partial charge in [0, 0.05) is 5.71 Å². The molecule has 0 aliphatic carbocycles. The SMILES string of the molecule is CCOC(=O)N/N=C(/C)CCc1ccccc1. The van der Waals surface area contributed by atoms with Gasteiger partial charge in [-0.05, 0) is 32.3 Å². The van der Waals surface area contributed by atoms with E-state index in [0.717, 1.165) is 18.6 Å². The Bertz CT molecular complexity index is 374. The number of carbonyl (C=O) groups excluding carboxylic acids is 1. The highest BCUT2D eigenvalue weighted by molar-refractivity contribution is 5.83. The highest BCUT2D eigenvalue weighted by Gasteiger charge is 1.99. The molecule has 17 heavy (non-hydrogen) atoms. The van der Waals surface area contributed by atoms with Crippen LogP contribution in [0.2, 0.25) is 0 Å². The van der Waals surface area contributed by atoms with Gasteiger partial charge in [-0.1, -0.05) is 30.3 Å². The molecule has 0 saturated heterocycles. The summed E-state index contributed by atoms with van der Waals surface area (Å²) in [5, 5.41) is 3.95. The fraction of sp³-hybridized carbons (Fsp3) is 0.385. The first-order chi connectivity index (χ1) is 8.22. The minimum atomic E-state index is -0.508. The molecule has 0 heterocycles. The Kier molecular flexibility index (Phi) is 5.79. The number of amides is 1. The van der Waals surface area contributed by atoms with E-state index in [4.69, 9.17) is 4.74 Å². The van der Waals surface area contributed by atoms with Gasteiger partial charge in [-0.15, -0.1) is 0 Å². The Hall–Kier alpha value is -1.84. The summed E-state index contributed by atoms with van der Waals surface area (Å²) in [6.07, 6.45) is 1.23. The van der Waals surface area contributed by atoms with Gasteiger partial charge in [0.25, 0.3) is 0 Å². The molecule has 0 fully saturated rings. The lowest BCUT2D eigenvalue weighted by atomic mass is 10.1. The summed E-state index contributed by atoms with van der Waals surface area (Å²) < 4.78 is 4.70. The Morgan fingerprint density at radius 3 is 2.71 bits per heavy atom. The van der Waals surface area contributed by atoms with Crippen molar-refractivity contribution in [2.45, 2.75) is 26.7 Å². The number of ether oxygens (including phenoxy) is 1. The van der Waals surface area contributed by atoms with Gasteiger partial charge in [0.15, 0.2) is 0 Å². The van der Waals surface area contributed by atoms with Gasteiger partial charge in [0.05, 0.1) is 6.61 Å². The number of nitrogens with zero attached hydrogens (tertiary/aromatic N) is 1. The van der Waals surface area contributed by atoms with E-state index in [1.807, 2.05) is 25.1 Å². The monoisotopic (exact) mass is 234 g/mol. The zero-order valence-corrected chi connectivity index (χ0v) is 10.3. The van der Waals surface area contributed by atoms with Crippen LogP contribution < -0.4 is 5.43 Å². The highest BCUT2D eigenvalue weighted by atomic mass is 16.5. The third-order valence-electron chi connectivity index (χ3n) is 2.23. The van der Waals surface area contributed by atoms with E-state index in [0.29, 0.717) is 6.61 Å². The molecule has 0 unspecified atom stereocenters. The van der Waals surface area contributed by atoms with Crippen molar-refractivity contribution in [2.75, 3.05) is 6.61 Å². The summed E-state index contributed by atoms with van der Waals surface area (Å²) in [6, 6.07) is 10.2. The smallest absolute Gasteiger partial charge is 0.427 e. The average Bonchev–Trinajstić information content (AvgIpc) is 2.35. The van der Waals surface area contributed by atoms with E-state index in [-0.39, 0.29) is 0 Å². The van der Waals surface area contributed by atoms with Crippen molar-refractivity contribution >= 4 is 11.8 Å². The maximum Gasteiger partial charge on any atom is 0.427 e. The predicted octanol–water partition coefficient (Wildman–Crippen LogP) is 2.74. The predicted molar refractivity (Wildman–Crippen MR) is 68.0 cm³/mol. The lowest BCUT2D eigenvalue weighted by molar-refractivity contribution is 0.152. The van der Waals surface area contributed by atoms with Crippen molar-refractivity contribution in [1.82, 2.24) is 5.43 Å². The van der Waals surface area contributed by atoms with Gasteiger partial charge >= 0.3 is 6.09 Å². The molecule has 0 radical (unpaired) electrons. The van der Waals surface area contributed by atoms with Crippen LogP contribution in [-0.4, -0.2) is 18.4 Å². The number of carbonyl (C=O) groups is 1. The van der Waals surface area contributed by atoms with Crippen molar-refractivity contribution in [1.29, 1.82) is 0 Å². The van der Waals surface area contributed by atoms with Crippen molar-refractivity contribution < 1.29 is 9.53 Å². The maximum atomic E-state index is 11.0. The van der Waals surface area contributed by atoms with E-state index in [9.17, 15) is 4.79 Å². The van der Waals surface area contributed by atoms with Crippen molar-refractivity contribution in [3.63, 3.8) is 0 Å². The van der Waals surface area contributed by atoms with Gasteiger partial charge in [0.1, 0.15) is 0 Å². The van der Waals surface area contributed by atoms with E-state index >= 15 is 0 Å². The summed E-state index contributed by atoms with van der Waals surface area (Å²) in [5.41, 5.74) is 4.49. The molecule has 92 valence electrons. The molecule has 0 spiro atoms. The van der Waals surface area contributed by atoms with Crippen molar-refractivity contribution in [2.24, 2.45) is 5.10 Å². The minimum absolute atomic E-state index is 0.352. The van der Waals surface area contributed by atoms with Crippen LogP contribution >= 0.6 is 0 Å². The molecular formula is C13H18N2O2. The molecule has 0 aliphatic rings. The van der Waals surface area contributed by atoms with E-state index in [2.05, 4.69) is 22.7 Å². The molecule has 1 aromatic rings. The van der Waals surface area contributed by atoms with Crippen LogP contribution in [0, 0.1) is 0 Å². The Morgan fingerprint density at radius 2 is 2.06 bits per heavy atom. The molecule has 0 aliphatic heterocycles. The summed E-state index contributed by atoms with van der Waals surface area (Å²) in [5.74, 6) is 0. The summed E-state index contributed by atoms with van der Waals surface area (Å²) in [4.78, 5) is 11.0. The highest BCUT2D eigenvalue weighted by Crippen LogP contribution is 2.02. The third-order valence-corrected chi connectivity index (χ3v) is 2.23. The lowest BCUT2D eigenvalue weighted by Crippen LogP contribution is -2.20. The zero-order valence-electron chi connectivity index (χ0n) is 10.3. The third kappa shape index (κ3) is 5.70. The first-order valence-electron chi connectivity index (χ1n) is 5.72. The van der Waals surface area contributed by atoms with Gasteiger partial charge in [-0.3, -0.25) is 0 Å². The first kappa shape index (κ1) is 13.2. The minimum Gasteiger partial charge on any atom is -0.449 e. The molecule has 1 rings (SSSR count). The van der Waals surface area contributed by atoms with Gasteiger partial charge in [0.2, 0.25) is 0 Å². The van der Waals surface area contributed by atoms with E-state index < -0.39 is 6.09 Å². The summed E-state index contributed by atoms with van der Waals surface area (Å²) in [6.45, 7) is 3.99. The Balaban J connectivity index is 2.31. The second-order valence-corrected chi connectivity index (χ2v) is 3.66. The number of hydrogen-bond acceptors (Lipinski definition) is 3. The molecule has 1 N–H and O–H groups in total. The zero-order chi connectivity index (χ0) is 12.5. The molecule has 0 bridgehead atoms. The fourth-order valence-electron chi connectivity index (χ4n) is 1.33. The quantitative estimate of drug-likeness (QED) is 0.629. The summed E-state index contributed by atoms with van der Waals surface area (Å²) in [7, 11) is 0. The molecule has 1 amide bonds. The van der Waals surface area contributed by atoms with Crippen LogP contribution in [0.25, 0.3) is 0 Å². The van der Waals surface area contributed by atoms with Gasteiger partial charge < -0.3 is 4.74 Å². The topological polar surface area (TPSA) is 50.7 Å². The van der Waals surface area contributed by atoms with Crippen molar-refractivity contribution in [3.05, 3.63) is 35.9 Å². The lowest BCUT2D eigenvalue weighted by Gasteiger charge is -2.03. The van der Waals surface area contributed by atoms with Crippen LogP contribution in [0.4, 0.5) is 4.79 Å². The number of aryl methyl sites for hydroxylation is 1. The normalized spacial score (nSPS) is 11.1. The molecule has 0 atom stereocenters. The van der Waals surface area contributed by atoms with Crippen LogP contribution in [0.1, 0.15) is 25.8 Å². The standard InChI is InChI=1S/C13H18N2O2/c1-3-17-13(16)15-14-11(2)9-10-12-7-5-4-6-8-12/h4-8H,3,9-10H2,1-2H3,(H,15,16)/b14-11-. The van der Waals surface area contributed by atoms with Crippen LogP contribution in [0.15, 0.2) is 35.4 Å².